The Hall–Kier alpha value is -1.17. The predicted octanol–water partition coefficient (Wildman–Crippen LogP) is 1.91. The largest absolute Gasteiger partial charge is 0.383 e. The minimum absolute atomic E-state index is 0.0609. The van der Waals surface area contributed by atoms with Gasteiger partial charge in [0.15, 0.2) is 0 Å². The van der Waals surface area contributed by atoms with Gasteiger partial charge in [-0.3, -0.25) is 4.79 Å². The van der Waals surface area contributed by atoms with Gasteiger partial charge in [-0.2, -0.15) is 0 Å². The van der Waals surface area contributed by atoms with Crippen molar-refractivity contribution in [2.45, 2.75) is 24.8 Å². The molecule has 1 amide bonds. The fraction of sp³-hybridized carbons (Fsp3) is 0.533. The Morgan fingerprint density at radius 2 is 2.38 bits per heavy atom. The van der Waals surface area contributed by atoms with Crippen molar-refractivity contribution in [2.75, 3.05) is 26.8 Å². The molecule has 116 valence electrons. The number of benzene rings is 1. The molecule has 1 saturated heterocycles. The van der Waals surface area contributed by atoms with Crippen LogP contribution in [0.3, 0.4) is 0 Å². The third kappa shape index (κ3) is 4.15. The van der Waals surface area contributed by atoms with Gasteiger partial charge in [0.1, 0.15) is 5.82 Å². The lowest BCUT2D eigenvalue weighted by Crippen LogP contribution is -2.53. The lowest BCUT2D eigenvalue weighted by Gasteiger charge is -2.29. The van der Waals surface area contributed by atoms with Gasteiger partial charge in [-0.25, -0.2) is 4.39 Å². The molecule has 1 aromatic carbocycles. The van der Waals surface area contributed by atoms with E-state index in [-0.39, 0.29) is 28.5 Å². The molecule has 0 spiro atoms. The summed E-state index contributed by atoms with van der Waals surface area (Å²) in [6.07, 6.45) is 1.94. The van der Waals surface area contributed by atoms with Crippen LogP contribution in [0.15, 0.2) is 18.2 Å². The van der Waals surface area contributed by atoms with Crippen molar-refractivity contribution >= 4 is 17.5 Å². The van der Waals surface area contributed by atoms with Gasteiger partial charge in [0.25, 0.3) is 0 Å². The summed E-state index contributed by atoms with van der Waals surface area (Å²) in [5.74, 6) is -0.700. The van der Waals surface area contributed by atoms with Crippen molar-refractivity contribution < 1.29 is 13.9 Å². The number of carbonyl (C=O) groups excluding carboxylic acids is 1. The van der Waals surface area contributed by atoms with E-state index in [9.17, 15) is 9.18 Å². The van der Waals surface area contributed by atoms with Crippen molar-refractivity contribution in [3.05, 3.63) is 34.6 Å². The number of halogens is 2. The SMILES string of the molecule is COCC1(CNC(=O)Cc2c(F)cccc2Cl)CCCN1. The quantitative estimate of drug-likeness (QED) is 0.843. The second kappa shape index (κ2) is 7.20. The fourth-order valence-corrected chi connectivity index (χ4v) is 2.89. The Labute approximate surface area is 129 Å². The molecule has 6 heteroatoms. The molecule has 1 aliphatic heterocycles. The monoisotopic (exact) mass is 314 g/mol. The van der Waals surface area contributed by atoms with Crippen LogP contribution in [-0.4, -0.2) is 38.3 Å². The maximum Gasteiger partial charge on any atom is 0.224 e. The van der Waals surface area contributed by atoms with Crippen molar-refractivity contribution in [3.63, 3.8) is 0 Å². The summed E-state index contributed by atoms with van der Waals surface area (Å²) < 4.78 is 18.9. The summed E-state index contributed by atoms with van der Waals surface area (Å²) in [4.78, 5) is 12.0. The Morgan fingerprint density at radius 3 is 3.00 bits per heavy atom. The van der Waals surface area contributed by atoms with Crippen LogP contribution in [0.4, 0.5) is 4.39 Å². The Bertz CT molecular complexity index is 484. The third-order valence-electron chi connectivity index (χ3n) is 3.78. The van der Waals surface area contributed by atoms with Crippen LogP contribution in [0, 0.1) is 5.82 Å². The molecule has 2 N–H and O–H groups in total. The van der Waals surface area contributed by atoms with E-state index in [0.717, 1.165) is 19.4 Å². The highest BCUT2D eigenvalue weighted by atomic mass is 35.5. The summed E-state index contributed by atoms with van der Waals surface area (Å²) >= 11 is 5.93. The van der Waals surface area contributed by atoms with Crippen LogP contribution in [0.1, 0.15) is 18.4 Å². The zero-order valence-electron chi connectivity index (χ0n) is 12.0. The topological polar surface area (TPSA) is 50.4 Å². The molecule has 1 aromatic rings. The second-order valence-electron chi connectivity index (χ2n) is 5.40. The molecule has 1 heterocycles. The number of carbonyl (C=O) groups is 1. The zero-order chi connectivity index (χ0) is 15.3. The maximum absolute atomic E-state index is 13.7. The first kappa shape index (κ1) is 16.2. The Kier molecular flexibility index (Phi) is 5.56. The van der Waals surface area contributed by atoms with Gasteiger partial charge in [-0.05, 0) is 31.5 Å². The van der Waals surface area contributed by atoms with Gasteiger partial charge in [-0.1, -0.05) is 17.7 Å². The van der Waals surface area contributed by atoms with Crippen molar-refractivity contribution in [2.24, 2.45) is 0 Å². The van der Waals surface area contributed by atoms with E-state index in [2.05, 4.69) is 10.6 Å². The van der Waals surface area contributed by atoms with Crippen LogP contribution in [-0.2, 0) is 16.0 Å². The molecular formula is C15H20ClFN2O2. The average Bonchev–Trinajstić information content (AvgIpc) is 2.90. The number of methoxy groups -OCH3 is 1. The van der Waals surface area contributed by atoms with Gasteiger partial charge >= 0.3 is 0 Å². The van der Waals surface area contributed by atoms with Crippen LogP contribution < -0.4 is 10.6 Å². The molecule has 0 aliphatic carbocycles. The third-order valence-corrected chi connectivity index (χ3v) is 4.13. The molecule has 1 fully saturated rings. The van der Waals surface area contributed by atoms with E-state index in [4.69, 9.17) is 16.3 Å². The highest BCUT2D eigenvalue weighted by Crippen LogP contribution is 2.21. The number of nitrogens with one attached hydrogen (secondary N) is 2. The second-order valence-corrected chi connectivity index (χ2v) is 5.80. The number of rotatable bonds is 6. The summed E-state index contributed by atoms with van der Waals surface area (Å²) in [5.41, 5.74) is 0.0144. The summed E-state index contributed by atoms with van der Waals surface area (Å²) in [6, 6.07) is 4.41. The smallest absolute Gasteiger partial charge is 0.224 e. The maximum atomic E-state index is 13.7. The van der Waals surface area contributed by atoms with E-state index < -0.39 is 5.82 Å². The highest BCUT2D eigenvalue weighted by Gasteiger charge is 2.33. The van der Waals surface area contributed by atoms with E-state index in [1.807, 2.05) is 0 Å². The number of ether oxygens (including phenoxy) is 1. The van der Waals surface area contributed by atoms with Crippen LogP contribution in [0.25, 0.3) is 0 Å². The standard InChI is InChI=1S/C15H20ClFN2O2/c1-21-10-15(6-3-7-19-15)9-18-14(20)8-11-12(16)4-2-5-13(11)17/h2,4-5,19H,3,6-10H2,1H3,(H,18,20). The minimum Gasteiger partial charge on any atom is -0.383 e. The first-order chi connectivity index (χ1) is 10.1. The molecule has 1 aliphatic rings. The van der Waals surface area contributed by atoms with Crippen molar-refractivity contribution in [3.8, 4) is 0 Å². The van der Waals surface area contributed by atoms with Crippen LogP contribution in [0.2, 0.25) is 5.02 Å². The van der Waals surface area contributed by atoms with Crippen molar-refractivity contribution in [1.29, 1.82) is 0 Å². The zero-order valence-corrected chi connectivity index (χ0v) is 12.8. The molecule has 4 nitrogen and oxygen atoms in total. The van der Waals surface area contributed by atoms with E-state index in [0.29, 0.717) is 13.2 Å². The lowest BCUT2D eigenvalue weighted by atomic mass is 9.98. The van der Waals surface area contributed by atoms with Crippen LogP contribution >= 0.6 is 11.6 Å². The van der Waals surface area contributed by atoms with E-state index in [1.165, 1.54) is 12.1 Å². The first-order valence-electron chi connectivity index (χ1n) is 7.00. The fourth-order valence-electron chi connectivity index (χ4n) is 2.66. The van der Waals surface area contributed by atoms with Gasteiger partial charge in [0, 0.05) is 24.2 Å². The number of hydrogen-bond donors (Lipinski definition) is 2. The number of amides is 1. The summed E-state index contributed by atoms with van der Waals surface area (Å²) in [7, 11) is 1.64. The van der Waals surface area contributed by atoms with Crippen molar-refractivity contribution in [1.82, 2.24) is 10.6 Å². The van der Waals surface area contributed by atoms with Gasteiger partial charge < -0.3 is 15.4 Å². The molecule has 21 heavy (non-hydrogen) atoms. The normalized spacial score (nSPS) is 21.5. The Morgan fingerprint density at radius 1 is 1.57 bits per heavy atom. The molecule has 0 aromatic heterocycles. The van der Waals surface area contributed by atoms with Gasteiger partial charge in [-0.15, -0.1) is 0 Å². The highest BCUT2D eigenvalue weighted by molar-refractivity contribution is 6.31. The number of hydrogen-bond acceptors (Lipinski definition) is 3. The molecule has 0 saturated carbocycles. The van der Waals surface area contributed by atoms with Crippen LogP contribution in [0.5, 0.6) is 0 Å². The summed E-state index contributed by atoms with van der Waals surface area (Å²) in [6.45, 7) is 1.91. The molecule has 1 atom stereocenters. The first-order valence-corrected chi connectivity index (χ1v) is 7.38. The molecule has 1 unspecified atom stereocenters. The van der Waals surface area contributed by atoms with Gasteiger partial charge in [0.2, 0.25) is 5.91 Å². The molecule has 0 radical (unpaired) electrons. The average molecular weight is 315 g/mol. The lowest BCUT2D eigenvalue weighted by molar-refractivity contribution is -0.120. The predicted molar refractivity (Wildman–Crippen MR) is 80.0 cm³/mol. The summed E-state index contributed by atoms with van der Waals surface area (Å²) in [5, 5.41) is 6.49. The molecular weight excluding hydrogens is 295 g/mol. The van der Waals surface area contributed by atoms with E-state index in [1.54, 1.807) is 13.2 Å². The van der Waals surface area contributed by atoms with Gasteiger partial charge in [0.05, 0.1) is 18.6 Å². The minimum atomic E-state index is -0.455. The Balaban J connectivity index is 1.93. The molecule has 0 bridgehead atoms. The van der Waals surface area contributed by atoms with E-state index >= 15 is 0 Å². The molecule has 2 rings (SSSR count).